The van der Waals surface area contributed by atoms with Gasteiger partial charge in [-0.05, 0) is 81.4 Å². The van der Waals surface area contributed by atoms with Crippen LogP contribution in [0.2, 0.25) is 0 Å². The second-order valence-corrected chi connectivity index (χ2v) is 5.43. The molecule has 0 aliphatic carbocycles. The summed E-state index contributed by atoms with van der Waals surface area (Å²) in [4.78, 5) is 0. The van der Waals surface area contributed by atoms with Crippen LogP contribution in [0, 0.1) is 26.7 Å². The predicted molar refractivity (Wildman–Crippen MR) is 80.1 cm³/mol. The maximum Gasteiger partial charge on any atom is -0.000814 e. The van der Waals surface area contributed by atoms with Gasteiger partial charge in [-0.2, -0.15) is 0 Å². The highest BCUT2D eigenvalue weighted by Gasteiger charge is 2.04. The Bertz CT molecular complexity index is 372. The first-order valence-electron chi connectivity index (χ1n) is 7.02. The molecule has 0 bridgehead atoms. The van der Waals surface area contributed by atoms with E-state index in [0.29, 0.717) is 5.92 Å². The third kappa shape index (κ3) is 4.43. The molecule has 0 radical (unpaired) electrons. The summed E-state index contributed by atoms with van der Waals surface area (Å²) in [5, 5.41) is 3.52. The topological polar surface area (TPSA) is 38.0 Å². The minimum Gasteiger partial charge on any atom is -0.330 e. The summed E-state index contributed by atoms with van der Waals surface area (Å²) in [6.45, 7) is 11.8. The molecule has 1 aromatic rings. The largest absolute Gasteiger partial charge is 0.330 e. The Kier molecular flexibility index (Phi) is 6.37. The molecule has 0 fully saturated rings. The molecule has 2 heteroatoms. The molecule has 0 heterocycles. The van der Waals surface area contributed by atoms with E-state index in [1.54, 1.807) is 0 Å². The smallest absolute Gasteiger partial charge is 0.000814 e. The highest BCUT2D eigenvalue weighted by Crippen LogP contribution is 2.17. The van der Waals surface area contributed by atoms with E-state index >= 15 is 0 Å². The Balaban J connectivity index is 2.38. The number of nitrogens with two attached hydrogens (primary N) is 1. The van der Waals surface area contributed by atoms with E-state index in [1.807, 2.05) is 0 Å². The van der Waals surface area contributed by atoms with Crippen LogP contribution < -0.4 is 11.1 Å². The van der Waals surface area contributed by atoms with Gasteiger partial charge in [0.2, 0.25) is 0 Å². The maximum atomic E-state index is 5.55. The van der Waals surface area contributed by atoms with Gasteiger partial charge in [0.15, 0.2) is 0 Å². The van der Waals surface area contributed by atoms with Crippen LogP contribution in [0.25, 0.3) is 0 Å². The molecule has 1 atom stereocenters. The van der Waals surface area contributed by atoms with Gasteiger partial charge in [0, 0.05) is 0 Å². The van der Waals surface area contributed by atoms with Crippen molar-refractivity contribution >= 4 is 0 Å². The summed E-state index contributed by atoms with van der Waals surface area (Å²) in [5.74, 6) is 0.677. The fourth-order valence-corrected chi connectivity index (χ4v) is 2.24. The summed E-state index contributed by atoms with van der Waals surface area (Å²) in [6, 6.07) is 4.50. The van der Waals surface area contributed by atoms with E-state index < -0.39 is 0 Å². The molecule has 18 heavy (non-hydrogen) atoms. The van der Waals surface area contributed by atoms with Crippen molar-refractivity contribution in [1.82, 2.24) is 5.32 Å². The average molecular weight is 248 g/mol. The monoisotopic (exact) mass is 248 g/mol. The number of hydrogen-bond donors (Lipinski definition) is 2. The second-order valence-electron chi connectivity index (χ2n) is 5.43. The first kappa shape index (κ1) is 15.2. The molecule has 0 aliphatic rings. The van der Waals surface area contributed by atoms with Crippen LogP contribution >= 0.6 is 0 Å². The predicted octanol–water partition coefficient (Wildman–Crippen LogP) is 2.73. The Hall–Kier alpha value is -0.860. The minimum atomic E-state index is 0.677. The normalized spacial score (nSPS) is 12.7. The van der Waals surface area contributed by atoms with Gasteiger partial charge in [-0.15, -0.1) is 0 Å². The zero-order chi connectivity index (χ0) is 13.5. The highest BCUT2D eigenvalue weighted by molar-refractivity contribution is 5.38. The van der Waals surface area contributed by atoms with E-state index in [4.69, 9.17) is 5.73 Å². The summed E-state index contributed by atoms with van der Waals surface area (Å²) in [7, 11) is 0. The van der Waals surface area contributed by atoms with E-state index in [1.165, 1.54) is 22.3 Å². The lowest BCUT2D eigenvalue weighted by Crippen LogP contribution is -2.25. The van der Waals surface area contributed by atoms with Crippen LogP contribution in [0.15, 0.2) is 12.1 Å². The zero-order valence-electron chi connectivity index (χ0n) is 12.3. The first-order valence-corrected chi connectivity index (χ1v) is 7.02. The lowest BCUT2D eigenvalue weighted by molar-refractivity contribution is 0.489. The summed E-state index contributed by atoms with van der Waals surface area (Å²) in [5.41, 5.74) is 11.3. The molecule has 102 valence electrons. The summed E-state index contributed by atoms with van der Waals surface area (Å²) >= 11 is 0. The van der Waals surface area contributed by atoms with Gasteiger partial charge in [-0.3, -0.25) is 0 Å². The third-order valence-corrected chi connectivity index (χ3v) is 3.89. The molecule has 0 spiro atoms. The lowest BCUT2D eigenvalue weighted by atomic mass is 9.97. The standard InChI is InChI=1S/C16H28N2/c1-12(7-9-17)11-18-10-8-16-6-5-13(2)14(3)15(16)4/h5-6,12,18H,7-11,17H2,1-4H3. The van der Waals surface area contributed by atoms with Crippen molar-refractivity contribution in [2.45, 2.75) is 40.5 Å². The van der Waals surface area contributed by atoms with Gasteiger partial charge in [-0.1, -0.05) is 19.1 Å². The van der Waals surface area contributed by atoms with Gasteiger partial charge in [0.25, 0.3) is 0 Å². The molecule has 0 saturated heterocycles. The number of rotatable bonds is 7. The van der Waals surface area contributed by atoms with Crippen LogP contribution in [0.1, 0.15) is 35.6 Å². The molecule has 2 nitrogen and oxygen atoms in total. The van der Waals surface area contributed by atoms with Crippen molar-refractivity contribution in [3.63, 3.8) is 0 Å². The van der Waals surface area contributed by atoms with Crippen molar-refractivity contribution in [2.24, 2.45) is 11.7 Å². The zero-order valence-corrected chi connectivity index (χ0v) is 12.3. The Morgan fingerprint density at radius 3 is 2.56 bits per heavy atom. The molecule has 1 rings (SSSR count). The summed E-state index contributed by atoms with van der Waals surface area (Å²) in [6.07, 6.45) is 2.22. The fourth-order valence-electron chi connectivity index (χ4n) is 2.24. The van der Waals surface area contributed by atoms with Crippen LogP contribution in [-0.4, -0.2) is 19.6 Å². The molecule has 1 aromatic carbocycles. The van der Waals surface area contributed by atoms with E-state index in [9.17, 15) is 0 Å². The van der Waals surface area contributed by atoms with E-state index in [0.717, 1.165) is 32.5 Å². The van der Waals surface area contributed by atoms with Gasteiger partial charge < -0.3 is 11.1 Å². The van der Waals surface area contributed by atoms with E-state index in [-0.39, 0.29) is 0 Å². The van der Waals surface area contributed by atoms with Crippen LogP contribution in [0.3, 0.4) is 0 Å². The van der Waals surface area contributed by atoms with Crippen molar-refractivity contribution in [3.05, 3.63) is 34.4 Å². The number of hydrogen-bond acceptors (Lipinski definition) is 2. The van der Waals surface area contributed by atoms with Gasteiger partial charge in [-0.25, -0.2) is 0 Å². The number of aryl methyl sites for hydroxylation is 1. The number of benzene rings is 1. The minimum absolute atomic E-state index is 0.677. The molecular formula is C16H28N2. The summed E-state index contributed by atoms with van der Waals surface area (Å²) < 4.78 is 0. The first-order chi connectivity index (χ1) is 8.56. The Morgan fingerprint density at radius 2 is 1.89 bits per heavy atom. The van der Waals surface area contributed by atoms with Crippen molar-refractivity contribution in [2.75, 3.05) is 19.6 Å². The molecule has 0 aromatic heterocycles. The second kappa shape index (κ2) is 7.55. The lowest BCUT2D eigenvalue weighted by Gasteiger charge is -2.14. The molecule has 0 aliphatic heterocycles. The van der Waals surface area contributed by atoms with Gasteiger partial charge >= 0.3 is 0 Å². The quantitative estimate of drug-likeness (QED) is 0.728. The van der Waals surface area contributed by atoms with Gasteiger partial charge in [0.1, 0.15) is 0 Å². The van der Waals surface area contributed by atoms with Crippen molar-refractivity contribution in [3.8, 4) is 0 Å². The van der Waals surface area contributed by atoms with Crippen molar-refractivity contribution < 1.29 is 0 Å². The van der Waals surface area contributed by atoms with Gasteiger partial charge in [0.05, 0.1) is 0 Å². The SMILES string of the molecule is Cc1ccc(CCNCC(C)CCN)c(C)c1C. The molecule has 1 unspecified atom stereocenters. The highest BCUT2D eigenvalue weighted by atomic mass is 14.8. The Morgan fingerprint density at radius 1 is 1.17 bits per heavy atom. The van der Waals surface area contributed by atoms with Crippen molar-refractivity contribution in [1.29, 1.82) is 0 Å². The number of nitrogens with one attached hydrogen (secondary N) is 1. The van der Waals surface area contributed by atoms with Crippen LogP contribution in [0.5, 0.6) is 0 Å². The average Bonchev–Trinajstić information content (AvgIpc) is 2.34. The Labute approximate surface area is 112 Å². The maximum absolute atomic E-state index is 5.55. The fraction of sp³-hybridized carbons (Fsp3) is 0.625. The molecule has 3 N–H and O–H groups in total. The third-order valence-electron chi connectivity index (χ3n) is 3.89. The van der Waals surface area contributed by atoms with E-state index in [2.05, 4.69) is 45.1 Å². The molecular weight excluding hydrogens is 220 g/mol. The van der Waals surface area contributed by atoms with Crippen LogP contribution in [0.4, 0.5) is 0 Å². The molecule has 0 saturated carbocycles. The van der Waals surface area contributed by atoms with Crippen LogP contribution in [-0.2, 0) is 6.42 Å². The molecule has 0 amide bonds.